The van der Waals surface area contributed by atoms with E-state index in [4.69, 9.17) is 56.3 Å². The van der Waals surface area contributed by atoms with Crippen molar-refractivity contribution in [1.29, 1.82) is 0 Å². The van der Waals surface area contributed by atoms with Crippen LogP contribution < -0.4 is 59.1 Å². The van der Waals surface area contributed by atoms with Crippen molar-refractivity contribution in [3.05, 3.63) is 37.0 Å². The van der Waals surface area contributed by atoms with E-state index in [-0.39, 0.29) is 121 Å². The molecule has 11 rings (SSSR count). The number of aliphatic carboxylic acids is 1. The van der Waals surface area contributed by atoms with Crippen LogP contribution in [0.15, 0.2) is 37.0 Å². The Morgan fingerprint density at radius 2 is 1.27 bits per heavy atom. The van der Waals surface area contributed by atoms with Crippen molar-refractivity contribution >= 4 is 26.8 Å². The minimum Gasteiger partial charge on any atom is -0.726 e. The summed E-state index contributed by atoms with van der Waals surface area (Å²) in [4.78, 5) is 11.9. The molecule has 27 heteroatoms. The summed E-state index contributed by atoms with van der Waals surface area (Å²) in [6.45, 7) is 18.6. The summed E-state index contributed by atoms with van der Waals surface area (Å²) < 4.78 is 154. The van der Waals surface area contributed by atoms with Gasteiger partial charge in [0.1, 0.15) is 35.6 Å². The topological polar surface area (TPSA) is 312 Å². The number of carboxylic acid groups (broad SMARTS) is 1. The second-order valence-electron chi connectivity index (χ2n) is 25.8. The third kappa shape index (κ3) is 13.2. The van der Waals surface area contributed by atoms with Crippen LogP contribution in [0.3, 0.4) is 0 Å². The smallest absolute Gasteiger partial charge is 0.726 e. The molecule has 0 spiro atoms. The van der Waals surface area contributed by atoms with Gasteiger partial charge >= 0.3 is 65.1 Å². The van der Waals surface area contributed by atoms with E-state index in [1.54, 1.807) is 6.92 Å². The molecule has 0 aromatic heterocycles. The summed E-state index contributed by atoms with van der Waals surface area (Å²) >= 11 is 0. The van der Waals surface area contributed by atoms with Gasteiger partial charge in [0.25, 0.3) is 0 Å². The molecule has 0 radical (unpaired) electrons. The van der Waals surface area contributed by atoms with Crippen LogP contribution in [-0.2, 0) is 86.1 Å². The first kappa shape index (κ1) is 66.3. The SMILES string of the molecule is C=CC[C@@H](/C=C/[C@@](C)(O)C1OC2CC3OC4CC5OC6CC7OC8CC9OC%10CC%11O[C@](C)(CCOS(=O)(=O)[O-])C(OS(=O)(=O)[O-])CC%11OC%10CC9OC8CC[C@@]7(C)O[C@@]6(C)CC[C@H](C)C5OC4C(O)[C@@]3(C)OC2CC1=C)C(=O)O.[Na+].[Na+]. The van der Waals surface area contributed by atoms with Gasteiger partial charge in [0.05, 0.1) is 127 Å². The molecule has 452 valence electrons. The van der Waals surface area contributed by atoms with Crippen molar-refractivity contribution in [3.8, 4) is 0 Å². The summed E-state index contributed by atoms with van der Waals surface area (Å²) in [7, 11) is -10.3. The standard InChI is InChI=1S/C55H82O23S2.2Na/c1-9-10-29(50(57)58)12-14-51(4,59)49-28(3)19-38-37(73-49)25-45-55(8,76-38)48(56)47-41(72-45)23-40-46(74-47)27(2)11-15-53(6)43(71-40)26-42-54(7,78-53)16-13-30-31(70-42)20-33-32(67-30)21-34-35(68-33)22-39-36(69-34)24-44(77-80(63,64)65)52(5,75-39)17-18-66-79(60,61)62;;/h9,12,14,27,29-49,56,59H,1,3,10-11,13,15-26H2,2,4-8H3,(H,57,58)(H,60,61,62)(H,63,64,65);;/q;2*+1/p-2/b14-12+;;/t27-,29-,30?,31?,32?,33?,34?,35?,36?,37?,38?,39?,40?,41?,42?,43?,44?,45?,46?,47?,48?,49?,51+,52+,53-,54+,55-;;/m0../s1. The molecule has 20 unspecified atom stereocenters. The van der Waals surface area contributed by atoms with Crippen LogP contribution in [0, 0.1) is 11.8 Å². The molecular weight excluding hydrogens is 1140 g/mol. The van der Waals surface area contributed by atoms with Crippen molar-refractivity contribution in [2.75, 3.05) is 6.61 Å². The maximum Gasteiger partial charge on any atom is 1.00 e. The van der Waals surface area contributed by atoms with Crippen LogP contribution in [-0.4, -0.2) is 204 Å². The Bertz CT molecular complexity index is 2620. The molecule has 0 aliphatic carbocycles. The Kier molecular flexibility index (Phi) is 19.9. The van der Waals surface area contributed by atoms with E-state index in [9.17, 15) is 46.1 Å². The average molecular weight is 1220 g/mol. The summed E-state index contributed by atoms with van der Waals surface area (Å²) in [5, 5.41) is 33.7. The van der Waals surface area contributed by atoms with Gasteiger partial charge in [0.15, 0.2) is 0 Å². The number of ether oxygens (including phenoxy) is 11. The molecule has 0 saturated carbocycles. The number of hydrogen-bond acceptors (Lipinski definition) is 22. The van der Waals surface area contributed by atoms with Crippen molar-refractivity contribution in [2.45, 2.75) is 282 Å². The summed E-state index contributed by atoms with van der Waals surface area (Å²) in [5.74, 6) is -1.87. The molecule has 11 heterocycles. The second-order valence-corrected chi connectivity index (χ2v) is 27.9. The van der Waals surface area contributed by atoms with Crippen molar-refractivity contribution in [3.63, 3.8) is 0 Å². The van der Waals surface area contributed by atoms with Gasteiger partial charge in [-0.1, -0.05) is 31.7 Å². The van der Waals surface area contributed by atoms with E-state index in [1.807, 2.05) is 6.92 Å². The maximum absolute atomic E-state index is 12.3. The Labute approximate surface area is 525 Å². The van der Waals surface area contributed by atoms with Crippen molar-refractivity contribution in [2.24, 2.45) is 11.8 Å². The van der Waals surface area contributed by atoms with E-state index in [0.29, 0.717) is 69.8 Å². The first-order valence-corrected chi connectivity index (χ1v) is 31.3. The minimum atomic E-state index is -5.22. The number of hydrogen-bond donors (Lipinski definition) is 3. The Morgan fingerprint density at radius 3 is 1.89 bits per heavy atom. The van der Waals surface area contributed by atoms with E-state index in [1.165, 1.54) is 25.2 Å². The summed E-state index contributed by atoms with van der Waals surface area (Å²) in [5.41, 5.74) is -5.05. The van der Waals surface area contributed by atoms with Gasteiger partial charge in [-0.15, -0.1) is 6.58 Å². The van der Waals surface area contributed by atoms with Gasteiger partial charge in [0, 0.05) is 51.4 Å². The molecule has 11 aliphatic rings. The molecule has 0 aromatic carbocycles. The fraction of sp³-hybridized carbons (Fsp3) is 0.873. The van der Waals surface area contributed by atoms with Gasteiger partial charge in [-0.2, -0.15) is 0 Å². The van der Waals surface area contributed by atoms with Crippen molar-refractivity contribution in [1.82, 2.24) is 0 Å². The normalized spacial score (nSPS) is 49.2. The van der Waals surface area contributed by atoms with E-state index < -0.39 is 153 Å². The number of aliphatic hydroxyl groups excluding tert-OH is 1. The molecule has 27 atom stereocenters. The fourth-order valence-corrected chi connectivity index (χ4v) is 16.3. The molecule has 11 aliphatic heterocycles. The Hall–Kier alpha value is -0.0900. The molecule has 82 heavy (non-hydrogen) atoms. The monoisotopic (exact) mass is 1220 g/mol. The Morgan fingerprint density at radius 1 is 0.720 bits per heavy atom. The first-order valence-electron chi connectivity index (χ1n) is 28.6. The molecular formula is C55H80Na2O23S2. The Balaban J connectivity index is 0.00000405. The summed E-state index contributed by atoms with van der Waals surface area (Å²) in [6.07, 6.45) is -1.18. The number of fused-ring (bicyclic) bond motifs is 10. The predicted molar refractivity (Wildman–Crippen MR) is 274 cm³/mol. The van der Waals surface area contributed by atoms with E-state index in [2.05, 4.69) is 38.1 Å². The van der Waals surface area contributed by atoms with Crippen LogP contribution in [0.25, 0.3) is 0 Å². The van der Waals surface area contributed by atoms with Crippen LogP contribution >= 0.6 is 0 Å². The molecule has 11 saturated heterocycles. The predicted octanol–water partition coefficient (Wildman–Crippen LogP) is -2.47. The second kappa shape index (κ2) is 24.6. The number of allylic oxidation sites excluding steroid dienone is 1. The van der Waals surface area contributed by atoms with Crippen LogP contribution in [0.1, 0.15) is 131 Å². The molecule has 0 amide bonds. The van der Waals surface area contributed by atoms with Gasteiger partial charge in [-0.3, -0.25) is 13.2 Å². The van der Waals surface area contributed by atoms with Crippen LogP contribution in [0.4, 0.5) is 0 Å². The number of carboxylic acids is 1. The number of rotatable bonds is 12. The van der Waals surface area contributed by atoms with E-state index in [0.717, 1.165) is 6.42 Å². The third-order valence-corrected chi connectivity index (χ3v) is 20.9. The number of carbonyl (C=O) groups is 1. The zero-order valence-corrected chi connectivity index (χ0v) is 53.9. The van der Waals surface area contributed by atoms with Gasteiger partial charge in [0.2, 0.25) is 20.8 Å². The van der Waals surface area contributed by atoms with Crippen LogP contribution in [0.2, 0.25) is 0 Å². The average Bonchev–Trinajstić information content (AvgIpc) is 3.55. The molecule has 11 fully saturated rings. The molecule has 3 N–H and O–H groups in total. The molecule has 23 nitrogen and oxygen atoms in total. The maximum atomic E-state index is 12.3. The van der Waals surface area contributed by atoms with Crippen LogP contribution in [0.5, 0.6) is 0 Å². The minimum absolute atomic E-state index is 0. The number of aliphatic hydroxyl groups is 2. The zero-order chi connectivity index (χ0) is 57.3. The quantitative estimate of drug-likeness (QED) is 0.0789. The largest absolute Gasteiger partial charge is 1.00 e. The van der Waals surface area contributed by atoms with E-state index >= 15 is 0 Å². The molecule has 0 aromatic rings. The van der Waals surface area contributed by atoms with Crippen molar-refractivity contribution < 1.29 is 166 Å². The van der Waals surface area contributed by atoms with Gasteiger partial charge in [-0.05, 0) is 84.6 Å². The van der Waals surface area contributed by atoms with Gasteiger partial charge < -0.3 is 76.5 Å². The fourth-order valence-electron chi connectivity index (χ4n) is 15.5. The zero-order valence-electron chi connectivity index (χ0n) is 48.3. The third-order valence-electron chi connectivity index (χ3n) is 20.0. The summed E-state index contributed by atoms with van der Waals surface area (Å²) in [6, 6.07) is 0. The van der Waals surface area contributed by atoms with Gasteiger partial charge in [-0.25, -0.2) is 16.8 Å². The first-order chi connectivity index (χ1) is 37.4. The molecule has 0 bridgehead atoms.